The van der Waals surface area contributed by atoms with Crippen molar-refractivity contribution in [3.8, 4) is 5.88 Å². The molecule has 0 saturated carbocycles. The molecular formula is C13H14N2O3. The van der Waals surface area contributed by atoms with Gasteiger partial charge in [-0.25, -0.2) is 4.68 Å². The van der Waals surface area contributed by atoms with Crippen molar-refractivity contribution < 1.29 is 14.6 Å². The normalized spacial score (nSPS) is 10.3. The van der Waals surface area contributed by atoms with E-state index < -0.39 is 5.97 Å². The van der Waals surface area contributed by atoms with Crippen molar-refractivity contribution in [1.29, 1.82) is 0 Å². The van der Waals surface area contributed by atoms with Crippen LogP contribution in [0, 0.1) is 0 Å². The first kappa shape index (κ1) is 12.2. The Hall–Kier alpha value is -2.30. The van der Waals surface area contributed by atoms with Gasteiger partial charge in [0.1, 0.15) is 6.61 Å². The van der Waals surface area contributed by atoms with Gasteiger partial charge in [0.05, 0.1) is 12.6 Å². The van der Waals surface area contributed by atoms with Crippen LogP contribution >= 0.6 is 0 Å². The van der Waals surface area contributed by atoms with Crippen molar-refractivity contribution in [2.75, 3.05) is 0 Å². The molecule has 2 rings (SSSR count). The Morgan fingerprint density at radius 3 is 2.78 bits per heavy atom. The molecule has 5 nitrogen and oxygen atoms in total. The summed E-state index contributed by atoms with van der Waals surface area (Å²) in [6.45, 7) is 0.396. The van der Waals surface area contributed by atoms with Crippen LogP contribution in [0.1, 0.15) is 11.1 Å². The minimum absolute atomic E-state index is 0.0854. The van der Waals surface area contributed by atoms with Gasteiger partial charge in [-0.1, -0.05) is 30.3 Å². The quantitative estimate of drug-likeness (QED) is 0.870. The van der Waals surface area contributed by atoms with Crippen LogP contribution in [0.25, 0.3) is 0 Å². The van der Waals surface area contributed by atoms with Crippen molar-refractivity contribution in [2.24, 2.45) is 7.05 Å². The van der Waals surface area contributed by atoms with Crippen molar-refractivity contribution in [2.45, 2.75) is 13.0 Å². The van der Waals surface area contributed by atoms with Gasteiger partial charge in [-0.3, -0.25) is 4.79 Å². The second kappa shape index (κ2) is 5.35. The monoisotopic (exact) mass is 246 g/mol. The van der Waals surface area contributed by atoms with Gasteiger partial charge in [0.2, 0.25) is 5.88 Å². The topological polar surface area (TPSA) is 64.4 Å². The molecule has 1 aromatic carbocycles. The summed E-state index contributed by atoms with van der Waals surface area (Å²) in [5.41, 5.74) is 1.61. The Balaban J connectivity index is 2.09. The number of ether oxygens (including phenoxy) is 1. The van der Waals surface area contributed by atoms with Gasteiger partial charge < -0.3 is 9.84 Å². The summed E-state index contributed by atoms with van der Waals surface area (Å²) < 4.78 is 7.17. The number of aromatic nitrogens is 2. The number of carboxylic acids is 1. The van der Waals surface area contributed by atoms with Crippen LogP contribution < -0.4 is 4.74 Å². The van der Waals surface area contributed by atoms with E-state index in [0.29, 0.717) is 18.1 Å². The van der Waals surface area contributed by atoms with Gasteiger partial charge in [-0.05, 0) is 5.56 Å². The lowest BCUT2D eigenvalue weighted by molar-refractivity contribution is -0.136. The van der Waals surface area contributed by atoms with E-state index in [9.17, 15) is 4.79 Å². The number of rotatable bonds is 5. The lowest BCUT2D eigenvalue weighted by Crippen LogP contribution is -2.05. The Kier molecular flexibility index (Phi) is 3.62. The number of carbonyl (C=O) groups is 1. The third-order valence-corrected chi connectivity index (χ3v) is 2.52. The molecule has 0 aliphatic rings. The first-order valence-corrected chi connectivity index (χ1v) is 5.56. The van der Waals surface area contributed by atoms with Crippen LogP contribution in [0.4, 0.5) is 0 Å². The molecule has 18 heavy (non-hydrogen) atoms. The maximum Gasteiger partial charge on any atom is 0.308 e. The first-order chi connectivity index (χ1) is 8.66. The fourth-order valence-electron chi connectivity index (χ4n) is 1.67. The zero-order chi connectivity index (χ0) is 13.0. The fourth-order valence-corrected chi connectivity index (χ4v) is 1.67. The zero-order valence-electron chi connectivity index (χ0n) is 10.0. The predicted molar refractivity (Wildman–Crippen MR) is 65.3 cm³/mol. The Morgan fingerprint density at radius 1 is 1.39 bits per heavy atom. The highest BCUT2D eigenvalue weighted by Gasteiger charge is 2.13. The summed E-state index contributed by atoms with van der Waals surface area (Å²) in [5.74, 6) is -0.395. The summed E-state index contributed by atoms with van der Waals surface area (Å²) in [6.07, 6.45) is 1.44. The van der Waals surface area contributed by atoms with Crippen LogP contribution in [0.2, 0.25) is 0 Å². The highest BCUT2D eigenvalue weighted by atomic mass is 16.5. The predicted octanol–water partition coefficient (Wildman–Crippen LogP) is 1.63. The molecule has 0 aliphatic heterocycles. The highest BCUT2D eigenvalue weighted by Crippen LogP contribution is 2.19. The molecule has 0 spiro atoms. The van der Waals surface area contributed by atoms with Crippen LogP contribution in [-0.4, -0.2) is 20.9 Å². The maximum absolute atomic E-state index is 10.7. The van der Waals surface area contributed by atoms with E-state index in [1.165, 1.54) is 6.20 Å². The molecule has 0 aliphatic carbocycles. The van der Waals surface area contributed by atoms with Gasteiger partial charge in [0.25, 0.3) is 0 Å². The number of benzene rings is 1. The molecule has 1 N–H and O–H groups in total. The average molecular weight is 246 g/mol. The van der Waals surface area contributed by atoms with E-state index in [-0.39, 0.29) is 6.42 Å². The molecule has 5 heteroatoms. The molecule has 0 unspecified atom stereocenters. The number of nitrogens with zero attached hydrogens (tertiary/aromatic N) is 2. The van der Waals surface area contributed by atoms with Crippen molar-refractivity contribution in [1.82, 2.24) is 9.78 Å². The first-order valence-electron chi connectivity index (χ1n) is 5.56. The summed E-state index contributed by atoms with van der Waals surface area (Å²) in [7, 11) is 1.73. The van der Waals surface area contributed by atoms with Crippen LogP contribution in [-0.2, 0) is 24.9 Å². The molecule has 0 atom stereocenters. The molecule has 1 aromatic heterocycles. The van der Waals surface area contributed by atoms with Crippen molar-refractivity contribution in [3.63, 3.8) is 0 Å². The van der Waals surface area contributed by atoms with Gasteiger partial charge >= 0.3 is 5.97 Å². The fraction of sp³-hybridized carbons (Fsp3) is 0.231. The van der Waals surface area contributed by atoms with Gasteiger partial charge in [0.15, 0.2) is 0 Å². The largest absolute Gasteiger partial charge is 0.481 e. The summed E-state index contributed by atoms with van der Waals surface area (Å²) in [6, 6.07) is 9.70. The zero-order valence-corrected chi connectivity index (χ0v) is 10.0. The van der Waals surface area contributed by atoms with Gasteiger partial charge in [-0.15, -0.1) is 0 Å². The Labute approximate surface area is 105 Å². The summed E-state index contributed by atoms with van der Waals surface area (Å²) in [5, 5.41) is 12.8. The second-order valence-electron chi connectivity index (χ2n) is 3.94. The van der Waals surface area contributed by atoms with Crippen molar-refractivity contribution >= 4 is 5.97 Å². The van der Waals surface area contributed by atoms with Crippen LogP contribution in [0.15, 0.2) is 36.5 Å². The number of hydrogen-bond donors (Lipinski definition) is 1. The smallest absolute Gasteiger partial charge is 0.308 e. The third-order valence-electron chi connectivity index (χ3n) is 2.52. The Bertz CT molecular complexity index is 534. The van der Waals surface area contributed by atoms with E-state index in [4.69, 9.17) is 9.84 Å². The number of carboxylic acid groups (broad SMARTS) is 1. The van der Waals surface area contributed by atoms with Crippen LogP contribution in [0.5, 0.6) is 5.88 Å². The molecule has 0 bridgehead atoms. The molecule has 0 radical (unpaired) electrons. The van der Waals surface area contributed by atoms with Gasteiger partial charge in [-0.2, -0.15) is 5.10 Å². The highest BCUT2D eigenvalue weighted by molar-refractivity contribution is 5.70. The van der Waals surface area contributed by atoms with Gasteiger partial charge in [0, 0.05) is 12.6 Å². The second-order valence-corrected chi connectivity index (χ2v) is 3.94. The summed E-state index contributed by atoms with van der Waals surface area (Å²) >= 11 is 0. The molecule has 2 aromatic rings. The maximum atomic E-state index is 10.7. The van der Waals surface area contributed by atoms with E-state index in [1.54, 1.807) is 11.7 Å². The molecule has 94 valence electrons. The minimum atomic E-state index is -0.896. The SMILES string of the molecule is Cn1ncc(CC(=O)O)c1OCc1ccccc1. The molecule has 0 amide bonds. The van der Waals surface area contributed by atoms with E-state index in [0.717, 1.165) is 5.56 Å². The van der Waals surface area contributed by atoms with E-state index >= 15 is 0 Å². The number of hydrogen-bond acceptors (Lipinski definition) is 3. The molecule has 1 heterocycles. The standard InChI is InChI=1S/C13H14N2O3/c1-15-13(11(8-14-15)7-12(16)17)18-9-10-5-3-2-4-6-10/h2-6,8H,7,9H2,1H3,(H,16,17). The number of aliphatic carboxylic acids is 1. The number of aryl methyl sites for hydroxylation is 1. The van der Waals surface area contributed by atoms with Crippen LogP contribution in [0.3, 0.4) is 0 Å². The lowest BCUT2D eigenvalue weighted by atomic mass is 10.2. The summed E-state index contributed by atoms with van der Waals surface area (Å²) in [4.78, 5) is 10.7. The van der Waals surface area contributed by atoms with E-state index in [2.05, 4.69) is 5.10 Å². The van der Waals surface area contributed by atoms with E-state index in [1.807, 2.05) is 30.3 Å². The molecular weight excluding hydrogens is 232 g/mol. The Morgan fingerprint density at radius 2 is 2.11 bits per heavy atom. The average Bonchev–Trinajstić information content (AvgIpc) is 2.68. The van der Waals surface area contributed by atoms with Crippen molar-refractivity contribution in [3.05, 3.63) is 47.7 Å². The lowest BCUT2D eigenvalue weighted by Gasteiger charge is -2.08. The molecule has 0 saturated heterocycles. The third kappa shape index (κ3) is 2.88. The molecule has 0 fully saturated rings. The minimum Gasteiger partial charge on any atom is -0.481 e.